The van der Waals surface area contributed by atoms with Gasteiger partial charge in [0, 0.05) is 99.4 Å². The van der Waals surface area contributed by atoms with E-state index in [1.165, 1.54) is 73.7 Å². The van der Waals surface area contributed by atoms with Gasteiger partial charge in [-0.15, -0.1) is 0 Å². The molecule has 4 fully saturated rings. The second-order valence-electron chi connectivity index (χ2n) is 26.2. The van der Waals surface area contributed by atoms with Crippen molar-refractivity contribution in [1.82, 2.24) is 54.8 Å². The Morgan fingerprint density at radius 1 is 0.495 bits per heavy atom. The number of carbonyl (C=O) groups excluding carboxylic acids is 4. The number of aromatic nitrogens is 6. The Kier molecular flexibility index (Phi) is 21.4. The molecule has 0 atom stereocenters. The van der Waals surface area contributed by atoms with Gasteiger partial charge in [0.05, 0.1) is 35.3 Å². The number of likely N-dealkylation sites (tertiary alicyclic amines) is 1. The minimum Gasteiger partial charge on any atom is -0.452 e. The minimum atomic E-state index is -0.527. The molecular weight excluding hydrogens is 1200 g/mol. The van der Waals surface area contributed by atoms with E-state index in [-0.39, 0.29) is 105 Å². The van der Waals surface area contributed by atoms with Crippen molar-refractivity contribution < 1.29 is 51.3 Å². The van der Waals surface area contributed by atoms with Gasteiger partial charge in [0.15, 0.2) is 34.0 Å². The van der Waals surface area contributed by atoms with E-state index in [2.05, 4.69) is 45.0 Å². The quantitative estimate of drug-likeness (QED) is 0.0841. The Labute approximate surface area is 535 Å². The topological polar surface area (TPSA) is 214 Å². The van der Waals surface area contributed by atoms with Crippen molar-refractivity contribution >= 4 is 47.1 Å². The highest BCUT2D eigenvalue weighted by Gasteiger charge is 2.55. The maximum Gasteiger partial charge on any atom is 0.410 e. The molecule has 10 rings (SSSR count). The van der Waals surface area contributed by atoms with Gasteiger partial charge in [-0.3, -0.25) is 14.4 Å². The number of nitrogens with zero attached hydrogens (tertiary/aromatic N) is 12. The largest absolute Gasteiger partial charge is 0.452 e. The summed E-state index contributed by atoms with van der Waals surface area (Å²) in [6.07, 6.45) is 8.43. The van der Waals surface area contributed by atoms with E-state index < -0.39 is 23.1 Å². The third kappa shape index (κ3) is 16.2. The first-order valence-electron chi connectivity index (χ1n) is 30.5. The standard InChI is InChI=1S/C27H36FN5O4.C22H28FN5O2.C17H19ClFN3O2/c1-17(2)33(18(3)4)24(34)20-10-19(28)8-9-21(20)36-22-11-29-16-30-23(22)31-12-27(13-31)14-32(15-27)25(35)37-26(5,6)7;1-14(2)28(15(3)4)21(29)17-7-16(23)5-6-18(17)30-19-8-24-13-26-20(19)27-11-22(12-27)9-25-10-22;1-10(2)22(11(3)4)17(23)13-7-12(19)5-6-14(13)24-15-8-20-9-21-16(15)18/h8-11,16-18H,12-15H2,1-7H3;5-8,13-15,25H,9-12H2,1-4H3;5-11H,1-4H3. The molecule has 2 spiro atoms. The second kappa shape index (κ2) is 28.4. The van der Waals surface area contributed by atoms with Crippen molar-refractivity contribution in [3.63, 3.8) is 0 Å². The van der Waals surface area contributed by atoms with E-state index in [1.807, 2.05) is 104 Å². The van der Waals surface area contributed by atoms with Crippen LogP contribution in [-0.2, 0) is 4.74 Å². The van der Waals surface area contributed by atoms with Crippen LogP contribution in [0, 0.1) is 28.3 Å². The summed E-state index contributed by atoms with van der Waals surface area (Å²) in [7, 11) is 0. The summed E-state index contributed by atoms with van der Waals surface area (Å²) in [5.74, 6) is 0.630. The molecule has 0 unspecified atom stereocenters. The summed E-state index contributed by atoms with van der Waals surface area (Å²) in [5, 5.41) is 3.42. The van der Waals surface area contributed by atoms with Gasteiger partial charge in [-0.25, -0.2) is 47.9 Å². The van der Waals surface area contributed by atoms with Crippen LogP contribution >= 0.6 is 11.6 Å². The van der Waals surface area contributed by atoms with Gasteiger partial charge in [-0.1, -0.05) is 11.6 Å². The van der Waals surface area contributed by atoms with Gasteiger partial charge >= 0.3 is 6.09 Å². The SMILES string of the molecule is CC(C)N(C(=O)c1cc(F)ccc1Oc1cncnc1Cl)C(C)C.CC(C)N(C(=O)c1cc(F)ccc1Oc1cncnc1N1CC2(CN(C(=O)OC(C)(C)C)C2)C1)C(C)C.CC(C)N(C(=O)c1cc(F)ccc1Oc1cncnc1N1CC2(CNC2)C1)C(C)C. The van der Waals surface area contributed by atoms with E-state index in [0.717, 1.165) is 32.2 Å². The lowest BCUT2D eigenvalue weighted by molar-refractivity contribution is -0.0455. The number of rotatable bonds is 17. The number of halogens is 4. The first kappa shape index (κ1) is 68.5. The number of amides is 4. The number of carbonyl (C=O) groups is 4. The molecule has 3 aromatic heterocycles. The fourth-order valence-corrected chi connectivity index (χ4v) is 11.9. The summed E-state index contributed by atoms with van der Waals surface area (Å²) in [6, 6.07) is 11.4. The molecule has 4 saturated heterocycles. The normalized spacial score (nSPS) is 15.2. The van der Waals surface area contributed by atoms with Crippen LogP contribution in [0.3, 0.4) is 0 Å². The first-order valence-corrected chi connectivity index (χ1v) is 30.9. The van der Waals surface area contributed by atoms with Gasteiger partial charge in [0.1, 0.15) is 59.3 Å². The van der Waals surface area contributed by atoms with Crippen molar-refractivity contribution in [2.24, 2.45) is 10.8 Å². The zero-order valence-electron chi connectivity index (χ0n) is 54.4. The maximum atomic E-state index is 14.2. The molecule has 25 heteroatoms. The average Bonchev–Trinajstić information content (AvgIpc) is 0.742. The van der Waals surface area contributed by atoms with Crippen LogP contribution in [-0.4, -0.2) is 168 Å². The third-order valence-corrected chi connectivity index (χ3v) is 15.9. The van der Waals surface area contributed by atoms with Gasteiger partial charge in [0.25, 0.3) is 17.7 Å². The Hall–Kier alpha value is -8.38. The summed E-state index contributed by atoms with van der Waals surface area (Å²) < 4.78 is 65.3. The summed E-state index contributed by atoms with van der Waals surface area (Å²) in [4.78, 5) is 87.5. The predicted molar refractivity (Wildman–Crippen MR) is 340 cm³/mol. The van der Waals surface area contributed by atoms with Crippen LogP contribution in [0.5, 0.6) is 34.5 Å². The molecular formula is C66H83ClF3N13O8. The maximum absolute atomic E-state index is 14.2. The lowest BCUT2D eigenvalue weighted by Gasteiger charge is -2.60. The summed E-state index contributed by atoms with van der Waals surface area (Å²) >= 11 is 5.96. The monoisotopic (exact) mass is 1280 g/mol. The van der Waals surface area contributed by atoms with Crippen LogP contribution in [0.15, 0.2) is 92.2 Å². The van der Waals surface area contributed by atoms with Crippen molar-refractivity contribution in [3.05, 3.63) is 131 Å². The number of ether oxygens (including phenoxy) is 4. The van der Waals surface area contributed by atoms with Crippen molar-refractivity contribution in [3.8, 4) is 34.5 Å². The minimum absolute atomic E-state index is 0.00877. The average molecular weight is 1280 g/mol. The van der Waals surface area contributed by atoms with Crippen molar-refractivity contribution in [1.29, 1.82) is 0 Å². The predicted octanol–water partition coefficient (Wildman–Crippen LogP) is 12.1. The molecule has 4 amide bonds. The van der Waals surface area contributed by atoms with E-state index in [0.29, 0.717) is 60.5 Å². The van der Waals surface area contributed by atoms with Crippen LogP contribution < -0.4 is 29.3 Å². The van der Waals surface area contributed by atoms with Gasteiger partial charge < -0.3 is 53.7 Å². The number of anilines is 2. The molecule has 488 valence electrons. The van der Waals surface area contributed by atoms with Crippen LogP contribution in [0.4, 0.5) is 29.6 Å². The number of benzene rings is 3. The highest BCUT2D eigenvalue weighted by atomic mass is 35.5. The van der Waals surface area contributed by atoms with Crippen LogP contribution in [0.1, 0.15) is 135 Å². The molecule has 4 aliphatic rings. The lowest BCUT2D eigenvalue weighted by atomic mass is 9.73. The zero-order chi connectivity index (χ0) is 66.4. The van der Waals surface area contributed by atoms with Gasteiger partial charge in [-0.05, 0) is 158 Å². The van der Waals surface area contributed by atoms with Gasteiger partial charge in [0.2, 0.25) is 0 Å². The summed E-state index contributed by atoms with van der Waals surface area (Å²) in [5.41, 5.74) is 0.247. The van der Waals surface area contributed by atoms with E-state index in [4.69, 9.17) is 30.5 Å². The van der Waals surface area contributed by atoms with E-state index in [9.17, 15) is 32.3 Å². The smallest absolute Gasteiger partial charge is 0.410 e. The Balaban J connectivity index is 0.000000180. The fourth-order valence-electron chi connectivity index (χ4n) is 11.8. The first-order chi connectivity index (χ1) is 42.9. The molecule has 7 heterocycles. The number of hydrogen-bond donors (Lipinski definition) is 1. The number of nitrogens with one attached hydrogen (secondary N) is 1. The molecule has 0 radical (unpaired) electrons. The Bertz CT molecular complexity index is 3540. The lowest BCUT2D eigenvalue weighted by Crippen LogP contribution is -2.73. The third-order valence-electron chi connectivity index (χ3n) is 15.6. The molecule has 0 aliphatic carbocycles. The van der Waals surface area contributed by atoms with Crippen LogP contribution in [0.25, 0.3) is 0 Å². The molecule has 0 saturated carbocycles. The Morgan fingerprint density at radius 3 is 1.14 bits per heavy atom. The molecule has 6 aromatic rings. The number of hydrogen-bond acceptors (Lipinski definition) is 17. The second-order valence-corrected chi connectivity index (χ2v) is 26.5. The van der Waals surface area contributed by atoms with Gasteiger partial charge in [-0.2, -0.15) is 0 Å². The molecule has 0 bridgehead atoms. The highest BCUT2D eigenvalue weighted by molar-refractivity contribution is 6.30. The molecule has 3 aromatic carbocycles. The molecule has 91 heavy (non-hydrogen) atoms. The van der Waals surface area contributed by atoms with Crippen molar-refractivity contribution in [2.75, 3.05) is 62.2 Å². The summed E-state index contributed by atoms with van der Waals surface area (Å²) in [6.45, 7) is 35.1. The van der Waals surface area contributed by atoms with Crippen LogP contribution in [0.2, 0.25) is 5.15 Å². The molecule has 1 N–H and O–H groups in total. The fraction of sp³-hybridized carbons (Fsp3) is 0.485. The van der Waals surface area contributed by atoms with E-state index >= 15 is 0 Å². The van der Waals surface area contributed by atoms with E-state index in [1.54, 1.807) is 32.0 Å². The molecule has 21 nitrogen and oxygen atoms in total. The zero-order valence-corrected chi connectivity index (χ0v) is 55.2. The molecule has 4 aliphatic heterocycles. The Morgan fingerprint density at radius 2 is 0.824 bits per heavy atom. The highest BCUT2D eigenvalue weighted by Crippen LogP contribution is 2.46. The van der Waals surface area contributed by atoms with Crippen molar-refractivity contribution in [2.45, 2.75) is 146 Å².